The summed E-state index contributed by atoms with van der Waals surface area (Å²) in [7, 11) is -0.419. The van der Waals surface area contributed by atoms with E-state index in [1.807, 2.05) is 18.3 Å². The molecule has 0 N–H and O–H groups in total. The van der Waals surface area contributed by atoms with E-state index in [2.05, 4.69) is 139 Å². The van der Waals surface area contributed by atoms with Crippen LogP contribution in [-0.4, -0.2) is 27.9 Å². The Balaban J connectivity index is 1.34. The molecule has 0 atom stereocenters. The molecule has 1 aliphatic rings. The van der Waals surface area contributed by atoms with Crippen molar-refractivity contribution in [3.8, 4) is 5.69 Å². The van der Waals surface area contributed by atoms with E-state index in [4.69, 9.17) is 9.31 Å². The summed E-state index contributed by atoms with van der Waals surface area (Å²) < 4.78 is 15.1. The van der Waals surface area contributed by atoms with Crippen LogP contribution in [0.4, 0.5) is 17.1 Å². The van der Waals surface area contributed by atoms with Crippen molar-refractivity contribution >= 4 is 51.4 Å². The molecule has 0 unspecified atom stereocenters. The molecule has 0 bridgehead atoms. The van der Waals surface area contributed by atoms with Crippen LogP contribution < -0.4 is 10.4 Å². The fraction of sp³-hybridized carbons (Fsp3) is 0.171. The van der Waals surface area contributed by atoms with E-state index in [1.54, 1.807) is 6.20 Å². The third kappa shape index (κ3) is 4.31. The number of rotatable bonds is 5. The molecule has 1 fully saturated rings. The van der Waals surface area contributed by atoms with Crippen LogP contribution in [0.25, 0.3) is 27.5 Å². The summed E-state index contributed by atoms with van der Waals surface area (Å²) in [4.78, 5) is 6.60. The summed E-state index contributed by atoms with van der Waals surface area (Å²) in [5.74, 6) is 0. The summed E-state index contributed by atoms with van der Waals surface area (Å²) in [6.07, 6.45) is 3.70. The van der Waals surface area contributed by atoms with Crippen molar-refractivity contribution in [3.63, 3.8) is 0 Å². The molecule has 202 valence electrons. The second-order valence-electron chi connectivity index (χ2n) is 11.6. The molecular formula is C35H32BN3O2. The number of hydrogen-bond donors (Lipinski definition) is 0. The minimum atomic E-state index is -0.419. The van der Waals surface area contributed by atoms with Gasteiger partial charge < -0.3 is 18.8 Å². The lowest BCUT2D eigenvalue weighted by Gasteiger charge is -2.32. The summed E-state index contributed by atoms with van der Waals surface area (Å²) in [6.45, 7) is 8.37. The molecule has 1 saturated heterocycles. The first kappa shape index (κ1) is 25.6. The number of aromatic nitrogens is 2. The number of benzene rings is 4. The zero-order valence-electron chi connectivity index (χ0n) is 23.8. The Morgan fingerprint density at radius 1 is 0.634 bits per heavy atom. The highest BCUT2D eigenvalue weighted by Gasteiger charge is 2.51. The Kier molecular flexibility index (Phi) is 6.00. The molecule has 5 nitrogen and oxygen atoms in total. The van der Waals surface area contributed by atoms with Gasteiger partial charge in [-0.05, 0) is 93.8 Å². The van der Waals surface area contributed by atoms with Crippen molar-refractivity contribution in [2.24, 2.45) is 0 Å². The van der Waals surface area contributed by atoms with E-state index >= 15 is 0 Å². The van der Waals surface area contributed by atoms with Crippen molar-refractivity contribution in [3.05, 3.63) is 122 Å². The fourth-order valence-corrected chi connectivity index (χ4v) is 5.65. The molecule has 2 aromatic heterocycles. The first-order valence-electron chi connectivity index (χ1n) is 14.1. The van der Waals surface area contributed by atoms with Gasteiger partial charge in [-0.25, -0.2) is 0 Å². The molecular weight excluding hydrogens is 505 g/mol. The van der Waals surface area contributed by atoms with E-state index < -0.39 is 18.3 Å². The summed E-state index contributed by atoms with van der Waals surface area (Å²) in [5.41, 5.74) is 6.75. The molecule has 7 rings (SSSR count). The largest absolute Gasteiger partial charge is 0.494 e. The van der Waals surface area contributed by atoms with Crippen LogP contribution in [0, 0.1) is 0 Å². The highest BCUT2D eigenvalue weighted by Crippen LogP contribution is 2.38. The highest BCUT2D eigenvalue weighted by molar-refractivity contribution is 6.62. The van der Waals surface area contributed by atoms with E-state index in [-0.39, 0.29) is 0 Å². The van der Waals surface area contributed by atoms with Crippen molar-refractivity contribution in [1.29, 1.82) is 0 Å². The van der Waals surface area contributed by atoms with Crippen LogP contribution in [0.3, 0.4) is 0 Å². The molecule has 41 heavy (non-hydrogen) atoms. The Morgan fingerprint density at radius 2 is 1.27 bits per heavy atom. The average molecular weight is 537 g/mol. The van der Waals surface area contributed by atoms with Crippen LogP contribution in [0.5, 0.6) is 0 Å². The SMILES string of the molecule is CC1(C)OB(c2ccc3c4ccccc4n(-c4ccc(N(c5ccccc5)c5cccnc5)cc4)c3c2)OC1(C)C. The van der Waals surface area contributed by atoms with Crippen molar-refractivity contribution in [2.75, 3.05) is 4.90 Å². The molecule has 0 spiro atoms. The van der Waals surface area contributed by atoms with Gasteiger partial charge in [0.1, 0.15) is 0 Å². The maximum atomic E-state index is 6.40. The van der Waals surface area contributed by atoms with Crippen LogP contribution in [0.2, 0.25) is 0 Å². The quantitative estimate of drug-likeness (QED) is 0.209. The van der Waals surface area contributed by atoms with Gasteiger partial charge in [0.25, 0.3) is 0 Å². The van der Waals surface area contributed by atoms with Gasteiger partial charge in [-0.15, -0.1) is 0 Å². The number of hydrogen-bond acceptors (Lipinski definition) is 4. The van der Waals surface area contributed by atoms with Crippen LogP contribution in [0.15, 0.2) is 122 Å². The molecule has 0 saturated carbocycles. The maximum absolute atomic E-state index is 6.40. The molecule has 4 aromatic carbocycles. The minimum absolute atomic E-state index is 0.395. The van der Waals surface area contributed by atoms with Crippen LogP contribution in [-0.2, 0) is 9.31 Å². The second-order valence-corrected chi connectivity index (χ2v) is 11.6. The molecule has 0 aliphatic carbocycles. The maximum Gasteiger partial charge on any atom is 0.494 e. The molecule has 6 heteroatoms. The van der Waals surface area contributed by atoms with Crippen molar-refractivity contribution < 1.29 is 9.31 Å². The first-order chi connectivity index (χ1) is 19.8. The van der Waals surface area contributed by atoms with E-state index in [9.17, 15) is 0 Å². The second kappa shape index (κ2) is 9.62. The van der Waals surface area contributed by atoms with E-state index in [1.165, 1.54) is 10.8 Å². The number of anilines is 3. The van der Waals surface area contributed by atoms with Gasteiger partial charge in [0, 0.05) is 34.0 Å². The lowest BCUT2D eigenvalue weighted by Crippen LogP contribution is -2.41. The Labute approximate surface area is 241 Å². The molecule has 1 aliphatic heterocycles. The minimum Gasteiger partial charge on any atom is -0.399 e. The zero-order valence-corrected chi connectivity index (χ0v) is 23.8. The number of pyridine rings is 1. The Morgan fingerprint density at radius 3 is 1.98 bits per heavy atom. The molecule has 6 aromatic rings. The highest BCUT2D eigenvalue weighted by atomic mass is 16.7. The Bertz CT molecular complexity index is 1790. The van der Waals surface area contributed by atoms with Gasteiger partial charge >= 0.3 is 7.12 Å². The smallest absolute Gasteiger partial charge is 0.399 e. The molecule has 0 radical (unpaired) electrons. The van der Waals surface area contributed by atoms with Crippen molar-refractivity contribution in [2.45, 2.75) is 38.9 Å². The van der Waals surface area contributed by atoms with E-state index in [0.29, 0.717) is 0 Å². The predicted octanol–water partition coefficient (Wildman–Crippen LogP) is 7.95. The Hall–Kier alpha value is -4.39. The third-order valence-electron chi connectivity index (χ3n) is 8.51. The number of fused-ring (bicyclic) bond motifs is 3. The van der Waals surface area contributed by atoms with Gasteiger partial charge in [0.2, 0.25) is 0 Å². The summed E-state index contributed by atoms with van der Waals surface area (Å²) in [6, 6.07) is 38.3. The third-order valence-corrected chi connectivity index (χ3v) is 8.51. The lowest BCUT2D eigenvalue weighted by molar-refractivity contribution is 0.00578. The van der Waals surface area contributed by atoms with Crippen LogP contribution in [0.1, 0.15) is 27.7 Å². The van der Waals surface area contributed by atoms with Gasteiger partial charge in [0.05, 0.1) is 34.1 Å². The first-order valence-corrected chi connectivity index (χ1v) is 14.1. The normalized spacial score (nSPS) is 16.0. The van der Waals surface area contributed by atoms with Gasteiger partial charge in [-0.2, -0.15) is 0 Å². The monoisotopic (exact) mass is 537 g/mol. The molecule has 3 heterocycles. The van der Waals surface area contributed by atoms with Gasteiger partial charge in [-0.1, -0.05) is 48.5 Å². The summed E-state index contributed by atoms with van der Waals surface area (Å²) >= 11 is 0. The summed E-state index contributed by atoms with van der Waals surface area (Å²) in [5, 5.41) is 2.42. The number of nitrogens with zero attached hydrogens (tertiary/aromatic N) is 3. The van der Waals surface area contributed by atoms with Gasteiger partial charge in [-0.3, -0.25) is 4.98 Å². The lowest BCUT2D eigenvalue weighted by atomic mass is 9.79. The topological polar surface area (TPSA) is 39.5 Å². The van der Waals surface area contributed by atoms with Gasteiger partial charge in [0.15, 0.2) is 0 Å². The standard InChI is InChI=1S/C35H32BN3O2/c1-34(2)35(3,4)41-36(40-34)25-16-21-31-30-14-8-9-15-32(30)39(33(31)23-25)28-19-17-27(18-20-28)38(26-11-6-5-7-12-26)29-13-10-22-37-24-29/h5-24H,1-4H3. The fourth-order valence-electron chi connectivity index (χ4n) is 5.65. The predicted molar refractivity (Wildman–Crippen MR) is 169 cm³/mol. The van der Waals surface area contributed by atoms with Crippen molar-refractivity contribution in [1.82, 2.24) is 9.55 Å². The molecule has 0 amide bonds. The van der Waals surface area contributed by atoms with E-state index in [0.717, 1.165) is 39.2 Å². The zero-order chi connectivity index (χ0) is 28.2. The number of para-hydroxylation sites is 2. The average Bonchev–Trinajstić information content (AvgIpc) is 3.43. The van der Waals surface area contributed by atoms with Crippen LogP contribution >= 0.6 is 0 Å².